The molecule has 0 saturated carbocycles. The van der Waals surface area contributed by atoms with Crippen molar-refractivity contribution in [2.45, 2.75) is 84.2 Å². The van der Waals surface area contributed by atoms with Crippen LogP contribution in [0.1, 0.15) is 78.1 Å². The van der Waals surface area contributed by atoms with Crippen molar-refractivity contribution in [2.24, 2.45) is 0 Å². The van der Waals surface area contributed by atoms with Gasteiger partial charge in [-0.3, -0.25) is 4.55 Å². The average molecular weight is 324 g/mol. The second-order valence-corrected chi connectivity index (χ2v) is 6.51. The first-order chi connectivity index (χ1) is 9.99. The average Bonchev–Trinajstić information content (AvgIpc) is 2.43. The van der Waals surface area contributed by atoms with Crippen molar-refractivity contribution in [2.75, 3.05) is 13.2 Å². The summed E-state index contributed by atoms with van der Waals surface area (Å²) in [7, 11) is -4.34. The van der Waals surface area contributed by atoms with Crippen molar-refractivity contribution in [3.8, 4) is 0 Å². The van der Waals surface area contributed by atoms with Crippen LogP contribution in [0.3, 0.4) is 0 Å². The summed E-state index contributed by atoms with van der Waals surface area (Å²) in [6, 6.07) is 0. The molecule has 1 N–H and O–H groups in total. The maximum atomic E-state index is 10.4. The van der Waals surface area contributed by atoms with E-state index in [1.54, 1.807) is 0 Å². The highest BCUT2D eigenvalue weighted by Gasteiger charge is 2.08. The molecule has 1 atom stereocenters. The third-order valence-corrected chi connectivity index (χ3v) is 3.97. The van der Waals surface area contributed by atoms with Crippen LogP contribution in [-0.2, 0) is 19.3 Å². The van der Waals surface area contributed by atoms with Crippen LogP contribution in [0.4, 0.5) is 0 Å². The minimum atomic E-state index is -4.34. The number of hydrogen-bond donors (Lipinski definition) is 1. The zero-order valence-electron chi connectivity index (χ0n) is 13.6. The van der Waals surface area contributed by atoms with Gasteiger partial charge in [0, 0.05) is 0 Å². The van der Waals surface area contributed by atoms with E-state index in [1.807, 2.05) is 0 Å². The van der Waals surface area contributed by atoms with Gasteiger partial charge in [-0.15, -0.1) is 0 Å². The smallest absolute Gasteiger partial charge is 0.376 e. The molecular weight excluding hydrogens is 292 g/mol. The fraction of sp³-hybridized carbons (Fsp3) is 1.00. The van der Waals surface area contributed by atoms with Crippen LogP contribution in [0.2, 0.25) is 0 Å². The third-order valence-electron chi connectivity index (χ3n) is 3.50. The molecule has 0 aromatic carbocycles. The Balaban J connectivity index is 3.45. The molecule has 0 saturated heterocycles. The molecule has 0 aliphatic carbocycles. The zero-order valence-corrected chi connectivity index (χ0v) is 14.4. The Hall–Kier alpha value is -0.170. The predicted octanol–water partition coefficient (Wildman–Crippen LogP) is 4.13. The lowest BCUT2D eigenvalue weighted by Crippen LogP contribution is -2.17. The van der Waals surface area contributed by atoms with Crippen LogP contribution in [0.5, 0.6) is 0 Å². The monoisotopic (exact) mass is 324 g/mol. The lowest BCUT2D eigenvalue weighted by atomic mass is 10.0. The minimum absolute atomic E-state index is 0.132. The molecule has 0 aromatic rings. The lowest BCUT2D eigenvalue weighted by Gasteiger charge is -2.15. The van der Waals surface area contributed by atoms with E-state index < -0.39 is 10.4 Å². The topological polar surface area (TPSA) is 72.8 Å². The van der Waals surface area contributed by atoms with Crippen LogP contribution in [0, 0.1) is 0 Å². The van der Waals surface area contributed by atoms with E-state index in [4.69, 9.17) is 9.29 Å². The van der Waals surface area contributed by atoms with Gasteiger partial charge < -0.3 is 4.74 Å². The predicted molar refractivity (Wildman–Crippen MR) is 84.8 cm³/mol. The van der Waals surface area contributed by atoms with Gasteiger partial charge in [0.15, 0.2) is 0 Å². The number of hydrogen-bond acceptors (Lipinski definition) is 4. The maximum Gasteiger partial charge on any atom is 0.397 e. The van der Waals surface area contributed by atoms with E-state index in [0.717, 1.165) is 19.3 Å². The van der Waals surface area contributed by atoms with E-state index in [0.29, 0.717) is 0 Å². The first-order valence-corrected chi connectivity index (χ1v) is 9.59. The number of unbranched alkanes of at least 4 members (excludes halogenated alkanes) is 7. The Morgan fingerprint density at radius 1 is 0.905 bits per heavy atom. The Bertz CT molecular complexity index is 316. The van der Waals surface area contributed by atoms with E-state index >= 15 is 0 Å². The van der Waals surface area contributed by atoms with Crippen LogP contribution in [0.25, 0.3) is 0 Å². The van der Waals surface area contributed by atoms with Crippen LogP contribution in [-0.4, -0.2) is 32.3 Å². The molecule has 0 aliphatic rings. The molecule has 0 rings (SSSR count). The summed E-state index contributed by atoms with van der Waals surface area (Å²) in [6.07, 6.45) is 12.4. The van der Waals surface area contributed by atoms with Gasteiger partial charge in [-0.1, -0.05) is 65.2 Å². The van der Waals surface area contributed by atoms with Crippen LogP contribution >= 0.6 is 0 Å². The largest absolute Gasteiger partial charge is 0.397 e. The molecule has 21 heavy (non-hydrogen) atoms. The second kappa shape index (κ2) is 13.5. The quantitative estimate of drug-likeness (QED) is 0.362. The molecule has 6 heteroatoms. The van der Waals surface area contributed by atoms with Gasteiger partial charge in [0.2, 0.25) is 0 Å². The first-order valence-electron chi connectivity index (χ1n) is 8.23. The summed E-state index contributed by atoms with van der Waals surface area (Å²) in [5.74, 6) is 0. The Morgan fingerprint density at radius 3 is 2.00 bits per heavy atom. The van der Waals surface area contributed by atoms with Crippen molar-refractivity contribution in [1.82, 2.24) is 0 Å². The lowest BCUT2D eigenvalue weighted by molar-refractivity contribution is 0.0245. The van der Waals surface area contributed by atoms with Gasteiger partial charge >= 0.3 is 10.4 Å². The molecule has 0 radical (unpaired) electrons. The highest BCUT2D eigenvalue weighted by atomic mass is 32.3. The molecular formula is C15H32O5S. The van der Waals surface area contributed by atoms with E-state index in [2.05, 4.69) is 18.0 Å². The molecule has 0 aromatic heterocycles. The zero-order chi connectivity index (χ0) is 16.0. The molecule has 0 aliphatic heterocycles. The Kier molecular flexibility index (Phi) is 13.4. The Labute approximate surface area is 130 Å². The molecule has 0 spiro atoms. The summed E-state index contributed by atoms with van der Waals surface area (Å²) in [4.78, 5) is 0. The van der Waals surface area contributed by atoms with Gasteiger partial charge in [0.25, 0.3) is 0 Å². The summed E-state index contributed by atoms with van der Waals surface area (Å²) in [5, 5.41) is 0. The molecule has 0 heterocycles. The number of rotatable bonds is 15. The summed E-state index contributed by atoms with van der Waals surface area (Å²) in [6.45, 7) is 4.34. The molecule has 0 fully saturated rings. The van der Waals surface area contributed by atoms with Gasteiger partial charge in [-0.05, 0) is 12.8 Å². The molecule has 0 bridgehead atoms. The van der Waals surface area contributed by atoms with Gasteiger partial charge in [-0.25, -0.2) is 4.18 Å². The second-order valence-electron chi connectivity index (χ2n) is 5.41. The SMILES string of the molecule is CCCCCCCCCCC(CC)OCCOS(=O)(=O)O. The van der Waals surface area contributed by atoms with Crippen molar-refractivity contribution in [3.63, 3.8) is 0 Å². The van der Waals surface area contributed by atoms with Crippen LogP contribution < -0.4 is 0 Å². The summed E-state index contributed by atoms with van der Waals surface area (Å²) >= 11 is 0. The molecule has 1 unspecified atom stereocenters. The van der Waals surface area contributed by atoms with E-state index in [-0.39, 0.29) is 19.3 Å². The highest BCUT2D eigenvalue weighted by Crippen LogP contribution is 2.13. The fourth-order valence-electron chi connectivity index (χ4n) is 2.27. The number of ether oxygens (including phenoxy) is 1. The van der Waals surface area contributed by atoms with Crippen molar-refractivity contribution >= 4 is 10.4 Å². The van der Waals surface area contributed by atoms with E-state index in [9.17, 15) is 8.42 Å². The third kappa shape index (κ3) is 16.0. The van der Waals surface area contributed by atoms with E-state index in [1.165, 1.54) is 44.9 Å². The van der Waals surface area contributed by atoms with Gasteiger partial charge in [0.05, 0.1) is 19.3 Å². The maximum absolute atomic E-state index is 10.4. The summed E-state index contributed by atoms with van der Waals surface area (Å²) in [5.41, 5.74) is 0. The molecule has 0 amide bonds. The molecule has 5 nitrogen and oxygen atoms in total. The standard InChI is InChI=1S/C15H32O5S/c1-3-5-6-7-8-9-10-11-12-15(4-2)19-13-14-20-21(16,17)18/h15H,3-14H2,1-2H3,(H,16,17,18). The van der Waals surface area contributed by atoms with Gasteiger partial charge in [-0.2, -0.15) is 8.42 Å². The normalized spacial score (nSPS) is 13.5. The highest BCUT2D eigenvalue weighted by molar-refractivity contribution is 7.80. The Morgan fingerprint density at radius 2 is 1.48 bits per heavy atom. The van der Waals surface area contributed by atoms with Crippen molar-refractivity contribution in [1.29, 1.82) is 0 Å². The minimum Gasteiger partial charge on any atom is -0.376 e. The van der Waals surface area contributed by atoms with Crippen molar-refractivity contribution < 1.29 is 21.9 Å². The van der Waals surface area contributed by atoms with Crippen LogP contribution in [0.15, 0.2) is 0 Å². The van der Waals surface area contributed by atoms with Crippen molar-refractivity contribution in [3.05, 3.63) is 0 Å². The van der Waals surface area contributed by atoms with Gasteiger partial charge in [0.1, 0.15) is 0 Å². The summed E-state index contributed by atoms with van der Waals surface area (Å²) < 4.78 is 38.9. The molecule has 128 valence electrons. The first kappa shape index (κ1) is 20.8. The fourth-order valence-corrected chi connectivity index (χ4v) is 2.54.